The third-order valence-electron chi connectivity index (χ3n) is 11.1. The first kappa shape index (κ1) is 50.9. The van der Waals surface area contributed by atoms with Crippen molar-refractivity contribution in [1.29, 1.82) is 0 Å². The van der Waals surface area contributed by atoms with E-state index in [2.05, 4.69) is 31.3 Å². The summed E-state index contributed by atoms with van der Waals surface area (Å²) >= 11 is 0. The summed E-state index contributed by atoms with van der Waals surface area (Å²) < 4.78 is 11.2. The summed E-state index contributed by atoms with van der Waals surface area (Å²) in [6.45, 7) is 3.82. The Morgan fingerprint density at radius 3 is 1.50 bits per heavy atom. The fourth-order valence-corrected chi connectivity index (χ4v) is 7.39. The highest BCUT2D eigenvalue weighted by molar-refractivity contribution is 5.76. The molecule has 1 heterocycles. The van der Waals surface area contributed by atoms with Gasteiger partial charge in [0.2, 0.25) is 5.91 Å². The van der Waals surface area contributed by atoms with Gasteiger partial charge in [0, 0.05) is 6.42 Å². The van der Waals surface area contributed by atoms with Crippen molar-refractivity contribution >= 4 is 5.91 Å². The van der Waals surface area contributed by atoms with Crippen LogP contribution in [-0.2, 0) is 14.3 Å². The van der Waals surface area contributed by atoms with Crippen molar-refractivity contribution in [2.45, 2.75) is 256 Å². The molecule has 1 saturated heterocycles. The molecule has 1 rings (SSSR count). The molecule has 9 heteroatoms. The number of hydrogen-bond acceptors (Lipinski definition) is 8. The van der Waals surface area contributed by atoms with Crippen molar-refractivity contribution in [1.82, 2.24) is 5.32 Å². The van der Waals surface area contributed by atoms with Crippen LogP contribution in [0.15, 0.2) is 12.2 Å². The molecule has 1 fully saturated rings. The number of carbonyl (C=O) groups is 1. The quantitative estimate of drug-likeness (QED) is 0.0269. The van der Waals surface area contributed by atoms with Crippen LogP contribution in [-0.4, -0.2) is 87.5 Å². The monoisotopic (exact) mass is 770 g/mol. The third-order valence-corrected chi connectivity index (χ3v) is 11.1. The topological polar surface area (TPSA) is 149 Å². The van der Waals surface area contributed by atoms with Crippen LogP contribution in [0, 0.1) is 0 Å². The number of carbonyl (C=O) groups excluding carboxylic acids is 1. The lowest BCUT2D eigenvalue weighted by Crippen LogP contribution is -2.60. The normalized spacial score (nSPS) is 21.5. The number of aliphatic hydroxyl groups is 5. The van der Waals surface area contributed by atoms with Crippen molar-refractivity contribution in [2.75, 3.05) is 13.2 Å². The summed E-state index contributed by atoms with van der Waals surface area (Å²) in [5.74, 6) is -0.152. The maximum atomic E-state index is 13.0. The molecule has 6 N–H and O–H groups in total. The number of amides is 1. The second-order valence-corrected chi connectivity index (χ2v) is 16.2. The lowest BCUT2D eigenvalue weighted by Gasteiger charge is -2.40. The minimum Gasteiger partial charge on any atom is -0.394 e. The fraction of sp³-hybridized carbons (Fsp3) is 0.933. The van der Waals surface area contributed by atoms with E-state index in [9.17, 15) is 30.3 Å². The molecule has 1 aliphatic heterocycles. The third kappa shape index (κ3) is 26.7. The molecule has 0 bridgehead atoms. The van der Waals surface area contributed by atoms with E-state index in [0.29, 0.717) is 12.8 Å². The summed E-state index contributed by atoms with van der Waals surface area (Å²) in [4.78, 5) is 13.0. The Balaban J connectivity index is 2.32. The zero-order chi connectivity index (χ0) is 39.5. The molecular weight excluding hydrogens is 682 g/mol. The number of hydrogen-bond donors (Lipinski definition) is 6. The average Bonchev–Trinajstić information content (AvgIpc) is 3.17. The predicted octanol–water partition coefficient (Wildman–Crippen LogP) is 9.34. The molecule has 0 spiro atoms. The maximum absolute atomic E-state index is 13.0. The van der Waals surface area contributed by atoms with Gasteiger partial charge in [0.1, 0.15) is 24.4 Å². The lowest BCUT2D eigenvalue weighted by molar-refractivity contribution is -0.302. The number of unbranched alkanes of at least 4 members (excludes halogenated alkanes) is 26. The molecule has 1 aliphatic rings. The van der Waals surface area contributed by atoms with Crippen LogP contribution in [0.5, 0.6) is 0 Å². The van der Waals surface area contributed by atoms with Gasteiger partial charge in [-0.3, -0.25) is 4.79 Å². The molecule has 0 aromatic carbocycles. The van der Waals surface area contributed by atoms with Crippen LogP contribution < -0.4 is 5.32 Å². The highest BCUT2D eigenvalue weighted by Gasteiger charge is 2.44. The van der Waals surface area contributed by atoms with Gasteiger partial charge in [-0.2, -0.15) is 0 Å². The van der Waals surface area contributed by atoms with Gasteiger partial charge in [0.05, 0.1) is 25.4 Å². The van der Waals surface area contributed by atoms with E-state index in [-0.39, 0.29) is 12.5 Å². The molecule has 0 aromatic rings. The van der Waals surface area contributed by atoms with E-state index >= 15 is 0 Å². The molecular formula is C45H87NO8. The van der Waals surface area contributed by atoms with Gasteiger partial charge >= 0.3 is 0 Å². The van der Waals surface area contributed by atoms with E-state index in [4.69, 9.17) is 9.47 Å². The molecule has 0 saturated carbocycles. The van der Waals surface area contributed by atoms with Crippen molar-refractivity contribution in [3.8, 4) is 0 Å². The Morgan fingerprint density at radius 1 is 0.611 bits per heavy atom. The maximum Gasteiger partial charge on any atom is 0.220 e. The highest BCUT2D eigenvalue weighted by Crippen LogP contribution is 2.23. The summed E-state index contributed by atoms with van der Waals surface area (Å²) in [5, 5.41) is 54.3. The van der Waals surface area contributed by atoms with E-state index in [1.807, 2.05) is 0 Å². The smallest absolute Gasteiger partial charge is 0.220 e. The number of rotatable bonds is 38. The Hall–Kier alpha value is -1.07. The standard InChI is InChI=1S/C45H87NO8/c1-3-5-7-9-11-13-15-17-18-19-20-21-23-25-27-29-31-33-35-41(49)46-38(37-53-45-44(52)43(51)42(50)40(36-47)54-45)39(48)34-32-30-28-26-24-22-16-14-12-10-8-6-4-2/h24,26,38-40,42-45,47-48,50-52H,3-23,25,27-37H2,1-2H3,(H,46,49)/b26-24+/t38-,39+,40-,42-,43?,44?,45-/m0/s1. The Kier molecular flexibility index (Phi) is 34.2. The summed E-state index contributed by atoms with van der Waals surface area (Å²) in [6.07, 6.45) is 33.6. The summed E-state index contributed by atoms with van der Waals surface area (Å²) in [7, 11) is 0. The highest BCUT2D eigenvalue weighted by atomic mass is 16.7. The van der Waals surface area contributed by atoms with Gasteiger partial charge in [-0.15, -0.1) is 0 Å². The van der Waals surface area contributed by atoms with Gasteiger partial charge in [-0.1, -0.05) is 180 Å². The Morgan fingerprint density at radius 2 is 1.04 bits per heavy atom. The first-order chi connectivity index (χ1) is 26.3. The van der Waals surface area contributed by atoms with Gasteiger partial charge in [0.15, 0.2) is 6.29 Å². The van der Waals surface area contributed by atoms with Crippen LogP contribution in [0.2, 0.25) is 0 Å². The Labute approximate surface area is 331 Å². The zero-order valence-electron chi connectivity index (χ0n) is 35.0. The van der Waals surface area contributed by atoms with Gasteiger partial charge in [0.25, 0.3) is 0 Å². The molecule has 0 aliphatic carbocycles. The minimum atomic E-state index is -1.55. The first-order valence-corrected chi connectivity index (χ1v) is 22.9. The second-order valence-electron chi connectivity index (χ2n) is 16.2. The van der Waals surface area contributed by atoms with Crippen LogP contribution in [0.1, 0.15) is 213 Å². The van der Waals surface area contributed by atoms with E-state index in [1.54, 1.807) is 0 Å². The molecule has 320 valence electrons. The van der Waals surface area contributed by atoms with Gasteiger partial charge in [-0.05, 0) is 38.5 Å². The first-order valence-electron chi connectivity index (χ1n) is 22.9. The van der Waals surface area contributed by atoms with E-state index in [1.165, 1.54) is 141 Å². The second kappa shape index (κ2) is 36.3. The molecule has 9 nitrogen and oxygen atoms in total. The SMILES string of the molecule is CCCCCCCCC/C=C/CCCC[C@@H](O)[C@H](CO[C@H]1O[C@@H](CO)[C@H](O)C(O)C1O)NC(=O)CCCCCCCCCCCCCCCCCCCC. The van der Waals surface area contributed by atoms with Gasteiger partial charge in [-0.25, -0.2) is 0 Å². The number of nitrogens with one attached hydrogen (secondary N) is 1. The molecule has 2 unspecified atom stereocenters. The van der Waals surface area contributed by atoms with Crippen LogP contribution in [0.25, 0.3) is 0 Å². The average molecular weight is 770 g/mol. The lowest BCUT2D eigenvalue weighted by atomic mass is 9.99. The number of aliphatic hydroxyl groups excluding tert-OH is 5. The van der Waals surface area contributed by atoms with Gasteiger partial charge < -0.3 is 40.3 Å². The van der Waals surface area contributed by atoms with Crippen LogP contribution in [0.4, 0.5) is 0 Å². The number of allylic oxidation sites excluding steroid dienone is 2. The van der Waals surface area contributed by atoms with Crippen molar-refractivity contribution in [3.63, 3.8) is 0 Å². The largest absolute Gasteiger partial charge is 0.394 e. The van der Waals surface area contributed by atoms with Crippen LogP contribution >= 0.6 is 0 Å². The van der Waals surface area contributed by atoms with E-state index in [0.717, 1.165) is 44.9 Å². The minimum absolute atomic E-state index is 0.146. The van der Waals surface area contributed by atoms with E-state index < -0.39 is 49.5 Å². The summed E-state index contributed by atoms with van der Waals surface area (Å²) in [5.41, 5.74) is 0. The predicted molar refractivity (Wildman–Crippen MR) is 221 cm³/mol. The summed E-state index contributed by atoms with van der Waals surface area (Å²) in [6, 6.07) is -0.728. The Bertz CT molecular complexity index is 858. The molecule has 1 amide bonds. The van der Waals surface area contributed by atoms with Crippen molar-refractivity contribution in [3.05, 3.63) is 12.2 Å². The molecule has 0 radical (unpaired) electrons. The fourth-order valence-electron chi connectivity index (χ4n) is 7.39. The number of ether oxygens (including phenoxy) is 2. The van der Waals surface area contributed by atoms with Crippen LogP contribution in [0.3, 0.4) is 0 Å². The van der Waals surface area contributed by atoms with Crippen molar-refractivity contribution in [2.24, 2.45) is 0 Å². The molecule has 0 aromatic heterocycles. The molecule has 7 atom stereocenters. The molecule has 54 heavy (non-hydrogen) atoms. The zero-order valence-corrected chi connectivity index (χ0v) is 35.0. The van der Waals surface area contributed by atoms with Crippen molar-refractivity contribution < 1.29 is 39.8 Å².